The molecule has 124 valence electrons. The summed E-state index contributed by atoms with van der Waals surface area (Å²) in [5, 5.41) is 14.7. The lowest BCUT2D eigenvalue weighted by molar-refractivity contribution is -0.384. The largest absolute Gasteiger partial charge is 0.326 e. The van der Waals surface area contributed by atoms with Crippen LogP contribution in [0.1, 0.15) is 17.9 Å². The van der Waals surface area contributed by atoms with E-state index in [1.807, 2.05) is 0 Å². The highest BCUT2D eigenvalue weighted by Crippen LogP contribution is 2.49. The first kappa shape index (κ1) is 17.0. The van der Waals surface area contributed by atoms with Crippen molar-refractivity contribution in [1.29, 1.82) is 0 Å². The molecule has 1 amide bonds. The molecule has 1 N–H and O–H groups in total. The molecular formula is C16H11Cl3N2O3. The predicted molar refractivity (Wildman–Crippen MR) is 94.0 cm³/mol. The topological polar surface area (TPSA) is 72.2 Å². The number of nitro groups is 1. The predicted octanol–water partition coefficient (Wildman–Crippen LogP) is 5.30. The van der Waals surface area contributed by atoms with Crippen molar-refractivity contribution >= 4 is 52.1 Å². The maximum atomic E-state index is 12.3. The fourth-order valence-corrected chi connectivity index (χ4v) is 3.34. The molecule has 1 fully saturated rings. The summed E-state index contributed by atoms with van der Waals surface area (Å²) in [5.41, 5.74) is 1.00. The molecule has 1 saturated carbocycles. The van der Waals surface area contributed by atoms with Crippen LogP contribution in [-0.2, 0) is 4.79 Å². The van der Waals surface area contributed by atoms with Gasteiger partial charge >= 0.3 is 0 Å². The molecule has 0 aromatic heterocycles. The minimum atomic E-state index is -0.591. The monoisotopic (exact) mass is 384 g/mol. The number of halogens is 3. The van der Waals surface area contributed by atoms with Crippen LogP contribution in [0, 0.1) is 16.0 Å². The SMILES string of the molecule is O=C(Nc1ccc(Cl)c([N+](=O)[O-])c1)[C@H]1C[C@@H]1c1cc(Cl)cc(Cl)c1. The van der Waals surface area contributed by atoms with Crippen molar-refractivity contribution in [3.8, 4) is 0 Å². The Morgan fingerprint density at radius 2 is 1.79 bits per heavy atom. The van der Waals surface area contributed by atoms with Gasteiger partial charge in [-0.25, -0.2) is 0 Å². The summed E-state index contributed by atoms with van der Waals surface area (Å²) in [6.07, 6.45) is 0.679. The van der Waals surface area contributed by atoms with Crippen molar-refractivity contribution in [3.05, 3.63) is 67.1 Å². The lowest BCUT2D eigenvalue weighted by Gasteiger charge is -2.06. The highest BCUT2D eigenvalue weighted by molar-refractivity contribution is 6.34. The molecule has 3 rings (SSSR count). The first-order valence-corrected chi connectivity index (χ1v) is 8.19. The standard InChI is InChI=1S/C16H11Cl3N2O3/c17-9-3-8(4-10(18)5-9)12-7-13(12)16(22)20-11-1-2-14(19)15(6-11)21(23)24/h1-6,12-13H,7H2,(H,20,22)/t12-,13+/m1/s1. The van der Waals surface area contributed by atoms with Gasteiger partial charge in [-0.2, -0.15) is 0 Å². The zero-order chi connectivity index (χ0) is 17.4. The molecule has 0 radical (unpaired) electrons. The van der Waals surface area contributed by atoms with E-state index >= 15 is 0 Å². The van der Waals surface area contributed by atoms with Gasteiger partial charge < -0.3 is 5.32 Å². The minimum Gasteiger partial charge on any atom is -0.326 e. The Kier molecular flexibility index (Phi) is 4.67. The lowest BCUT2D eigenvalue weighted by Crippen LogP contribution is -2.14. The number of nitrogens with zero attached hydrogens (tertiary/aromatic N) is 1. The molecule has 0 bridgehead atoms. The van der Waals surface area contributed by atoms with Crippen LogP contribution in [0.4, 0.5) is 11.4 Å². The summed E-state index contributed by atoms with van der Waals surface area (Å²) >= 11 is 17.7. The van der Waals surface area contributed by atoms with Crippen LogP contribution in [0.15, 0.2) is 36.4 Å². The molecule has 8 heteroatoms. The smallest absolute Gasteiger partial charge is 0.289 e. The van der Waals surface area contributed by atoms with Gasteiger partial charge in [-0.15, -0.1) is 0 Å². The Morgan fingerprint density at radius 3 is 2.42 bits per heavy atom. The van der Waals surface area contributed by atoms with Gasteiger partial charge in [0.05, 0.1) is 4.92 Å². The Bertz CT molecular complexity index is 821. The molecule has 1 aliphatic rings. The number of hydrogen-bond donors (Lipinski definition) is 1. The fraction of sp³-hybridized carbons (Fsp3) is 0.188. The summed E-state index contributed by atoms with van der Waals surface area (Å²) in [6, 6.07) is 9.37. The highest BCUT2D eigenvalue weighted by atomic mass is 35.5. The normalized spacial score (nSPS) is 19.0. The molecule has 0 unspecified atom stereocenters. The molecular weight excluding hydrogens is 375 g/mol. The van der Waals surface area contributed by atoms with E-state index in [2.05, 4.69) is 5.32 Å². The van der Waals surface area contributed by atoms with Crippen molar-refractivity contribution in [1.82, 2.24) is 0 Å². The number of amides is 1. The number of nitrogens with one attached hydrogen (secondary N) is 1. The number of carbonyl (C=O) groups is 1. The Balaban J connectivity index is 1.71. The van der Waals surface area contributed by atoms with E-state index in [4.69, 9.17) is 34.8 Å². The average Bonchev–Trinajstić information content (AvgIpc) is 3.28. The number of hydrogen-bond acceptors (Lipinski definition) is 3. The van der Waals surface area contributed by atoms with Crippen LogP contribution in [-0.4, -0.2) is 10.8 Å². The number of anilines is 1. The van der Waals surface area contributed by atoms with Gasteiger partial charge in [0.1, 0.15) is 5.02 Å². The van der Waals surface area contributed by atoms with E-state index in [1.165, 1.54) is 18.2 Å². The van der Waals surface area contributed by atoms with E-state index < -0.39 is 4.92 Å². The van der Waals surface area contributed by atoms with Gasteiger partial charge in [0, 0.05) is 27.7 Å². The average molecular weight is 386 g/mol. The molecule has 2 atom stereocenters. The summed E-state index contributed by atoms with van der Waals surface area (Å²) in [4.78, 5) is 22.6. The molecule has 5 nitrogen and oxygen atoms in total. The van der Waals surface area contributed by atoms with Crippen LogP contribution in [0.5, 0.6) is 0 Å². The number of benzene rings is 2. The van der Waals surface area contributed by atoms with Gasteiger partial charge in [0.15, 0.2) is 0 Å². The first-order chi connectivity index (χ1) is 11.3. The van der Waals surface area contributed by atoms with Crippen molar-refractivity contribution < 1.29 is 9.72 Å². The van der Waals surface area contributed by atoms with E-state index in [1.54, 1.807) is 18.2 Å². The summed E-state index contributed by atoms with van der Waals surface area (Å²) in [6.45, 7) is 0. The van der Waals surface area contributed by atoms with Gasteiger partial charge in [0.25, 0.3) is 5.69 Å². The summed E-state index contributed by atoms with van der Waals surface area (Å²) < 4.78 is 0. The lowest BCUT2D eigenvalue weighted by atomic mass is 10.1. The van der Waals surface area contributed by atoms with Crippen LogP contribution < -0.4 is 5.32 Å². The number of carbonyl (C=O) groups excluding carboxylic acids is 1. The van der Waals surface area contributed by atoms with Crippen LogP contribution in [0.2, 0.25) is 15.1 Å². The van der Waals surface area contributed by atoms with E-state index in [9.17, 15) is 14.9 Å². The maximum absolute atomic E-state index is 12.3. The van der Waals surface area contributed by atoms with Crippen LogP contribution in [0.25, 0.3) is 0 Å². The first-order valence-electron chi connectivity index (χ1n) is 7.06. The fourth-order valence-electron chi connectivity index (χ4n) is 2.61. The van der Waals surface area contributed by atoms with E-state index in [-0.39, 0.29) is 28.5 Å². The van der Waals surface area contributed by atoms with Gasteiger partial charge in [-0.1, -0.05) is 34.8 Å². The Labute approximate surface area is 152 Å². The molecule has 24 heavy (non-hydrogen) atoms. The Hall–Kier alpha value is -1.82. The third kappa shape index (κ3) is 3.64. The molecule has 0 heterocycles. The van der Waals surface area contributed by atoms with E-state index in [0.29, 0.717) is 22.2 Å². The number of nitro benzene ring substituents is 1. The van der Waals surface area contributed by atoms with Crippen molar-refractivity contribution in [2.75, 3.05) is 5.32 Å². The van der Waals surface area contributed by atoms with E-state index in [0.717, 1.165) is 5.56 Å². The number of rotatable bonds is 4. The third-order valence-electron chi connectivity index (χ3n) is 3.85. The van der Waals surface area contributed by atoms with Crippen LogP contribution in [0.3, 0.4) is 0 Å². The zero-order valence-electron chi connectivity index (χ0n) is 12.1. The molecule has 2 aromatic rings. The Morgan fingerprint density at radius 1 is 1.12 bits per heavy atom. The quantitative estimate of drug-likeness (QED) is 0.573. The zero-order valence-corrected chi connectivity index (χ0v) is 14.4. The maximum Gasteiger partial charge on any atom is 0.289 e. The molecule has 1 aliphatic carbocycles. The van der Waals surface area contributed by atoms with Crippen molar-refractivity contribution in [3.63, 3.8) is 0 Å². The van der Waals surface area contributed by atoms with Gasteiger partial charge in [0.2, 0.25) is 5.91 Å². The molecule has 0 aliphatic heterocycles. The van der Waals surface area contributed by atoms with Crippen molar-refractivity contribution in [2.24, 2.45) is 5.92 Å². The minimum absolute atomic E-state index is 0.0240. The summed E-state index contributed by atoms with van der Waals surface area (Å²) in [5.74, 6) is -0.370. The van der Waals surface area contributed by atoms with Crippen molar-refractivity contribution in [2.45, 2.75) is 12.3 Å². The second-order valence-electron chi connectivity index (χ2n) is 5.56. The second kappa shape index (κ2) is 6.59. The molecule has 2 aromatic carbocycles. The highest BCUT2D eigenvalue weighted by Gasteiger charge is 2.44. The summed E-state index contributed by atoms with van der Waals surface area (Å²) in [7, 11) is 0. The van der Waals surface area contributed by atoms with Gasteiger partial charge in [-0.05, 0) is 48.2 Å². The molecule has 0 spiro atoms. The van der Waals surface area contributed by atoms with Gasteiger partial charge in [-0.3, -0.25) is 14.9 Å². The molecule has 0 saturated heterocycles. The second-order valence-corrected chi connectivity index (χ2v) is 6.84. The third-order valence-corrected chi connectivity index (χ3v) is 4.61. The van der Waals surface area contributed by atoms with Crippen LogP contribution >= 0.6 is 34.8 Å².